The number of aromatic nitrogens is 2. The van der Waals surface area contributed by atoms with E-state index >= 15 is 0 Å². The molecule has 0 aliphatic carbocycles. The molecule has 2 N–H and O–H groups in total. The molecule has 0 saturated heterocycles. The number of rotatable bonds is 0. The van der Waals surface area contributed by atoms with Crippen LogP contribution in [0.5, 0.6) is 0 Å². The number of hydrogen-bond acceptors (Lipinski definition) is 5. The topological polar surface area (TPSA) is 85.9 Å². The van der Waals surface area contributed by atoms with E-state index in [1.54, 1.807) is 0 Å². The third-order valence-electron chi connectivity index (χ3n) is 1.82. The summed E-state index contributed by atoms with van der Waals surface area (Å²) >= 11 is 5.52. The summed E-state index contributed by atoms with van der Waals surface area (Å²) in [6.07, 6.45) is 0. The molecule has 0 radical (unpaired) electrons. The zero-order valence-corrected chi connectivity index (χ0v) is 8.06. The fraction of sp³-hybridized carbons (Fsp3) is 0.333. The Morgan fingerprint density at radius 3 is 2.69 bits per heavy atom. The van der Waals surface area contributed by atoms with Crippen LogP contribution < -0.4 is 5.73 Å². The molecule has 0 aromatic carbocycles. The van der Waals surface area contributed by atoms with Gasteiger partial charge in [0.25, 0.3) is 0 Å². The monoisotopic (exact) mass is 219 g/mol. The third-order valence-corrected chi connectivity index (χ3v) is 3.43. The minimum atomic E-state index is -3.09. The molecule has 0 amide bonds. The lowest BCUT2D eigenvalue weighted by molar-refractivity contribution is 0.598. The van der Waals surface area contributed by atoms with Gasteiger partial charge in [-0.05, 0) is 11.6 Å². The maximum absolute atomic E-state index is 11.2. The second kappa shape index (κ2) is 2.55. The van der Waals surface area contributed by atoms with E-state index in [2.05, 4.69) is 9.97 Å². The van der Waals surface area contributed by atoms with E-state index in [9.17, 15) is 8.42 Å². The number of fused-ring (bicyclic) bond motifs is 1. The molecular formula is C6H6ClN3O2S. The van der Waals surface area contributed by atoms with E-state index in [0.717, 1.165) is 0 Å². The average molecular weight is 220 g/mol. The first-order valence-corrected chi connectivity index (χ1v) is 5.69. The highest BCUT2D eigenvalue weighted by Crippen LogP contribution is 2.27. The molecule has 0 unspecified atom stereocenters. The summed E-state index contributed by atoms with van der Waals surface area (Å²) in [6.45, 7) is 0. The second-order valence-corrected chi connectivity index (χ2v) is 5.24. The molecule has 2 rings (SSSR count). The minimum absolute atomic E-state index is 0.00616. The molecule has 70 valence electrons. The minimum Gasteiger partial charge on any atom is -0.383 e. The standard InChI is InChI=1S/C6H6ClN3O2S/c7-6-9-4-2-13(11,12)1-3(4)5(8)10-6/h1-2H2,(H2,8,9,10). The maximum Gasteiger partial charge on any atom is 0.224 e. The van der Waals surface area contributed by atoms with Crippen LogP contribution in [-0.4, -0.2) is 18.4 Å². The quantitative estimate of drug-likeness (QED) is 0.628. The van der Waals surface area contributed by atoms with Gasteiger partial charge in [0, 0.05) is 5.56 Å². The largest absolute Gasteiger partial charge is 0.383 e. The van der Waals surface area contributed by atoms with E-state index < -0.39 is 9.84 Å². The van der Waals surface area contributed by atoms with Crippen molar-refractivity contribution >= 4 is 27.3 Å². The number of nitrogen functional groups attached to an aromatic ring is 1. The van der Waals surface area contributed by atoms with Crippen molar-refractivity contribution in [1.82, 2.24) is 9.97 Å². The molecule has 0 atom stereocenters. The van der Waals surface area contributed by atoms with Crippen LogP contribution in [0.25, 0.3) is 0 Å². The van der Waals surface area contributed by atoms with Gasteiger partial charge in [0.1, 0.15) is 5.82 Å². The summed E-state index contributed by atoms with van der Waals surface area (Å²) in [5, 5.41) is -0.00616. The smallest absolute Gasteiger partial charge is 0.224 e. The van der Waals surface area contributed by atoms with Crippen molar-refractivity contribution < 1.29 is 8.42 Å². The molecule has 0 fully saturated rings. The van der Waals surface area contributed by atoms with Crippen molar-refractivity contribution in [3.8, 4) is 0 Å². The molecule has 7 heteroatoms. The van der Waals surface area contributed by atoms with Crippen molar-refractivity contribution in [3.05, 3.63) is 16.5 Å². The first-order valence-electron chi connectivity index (χ1n) is 3.49. The Morgan fingerprint density at radius 1 is 1.31 bits per heavy atom. The van der Waals surface area contributed by atoms with Gasteiger partial charge in [-0.1, -0.05) is 0 Å². The third kappa shape index (κ3) is 1.47. The van der Waals surface area contributed by atoms with Gasteiger partial charge >= 0.3 is 0 Å². The Hall–Kier alpha value is -0.880. The van der Waals surface area contributed by atoms with Gasteiger partial charge in [-0.3, -0.25) is 0 Å². The molecule has 1 aromatic heterocycles. The van der Waals surface area contributed by atoms with Gasteiger partial charge in [-0.25, -0.2) is 18.4 Å². The van der Waals surface area contributed by atoms with Gasteiger partial charge in [-0.15, -0.1) is 0 Å². The lowest BCUT2D eigenvalue weighted by atomic mass is 10.2. The van der Waals surface area contributed by atoms with Crippen LogP contribution in [0.2, 0.25) is 5.28 Å². The fourth-order valence-corrected chi connectivity index (χ4v) is 2.98. The highest BCUT2D eigenvalue weighted by Gasteiger charge is 2.28. The predicted octanol–water partition coefficient (Wildman–Crippen LogP) is 0.141. The molecule has 1 aliphatic heterocycles. The Labute approximate surface area is 79.9 Å². The van der Waals surface area contributed by atoms with E-state index in [-0.39, 0.29) is 22.6 Å². The van der Waals surface area contributed by atoms with Gasteiger partial charge in [0.15, 0.2) is 9.84 Å². The molecular weight excluding hydrogens is 214 g/mol. The van der Waals surface area contributed by atoms with Crippen LogP contribution in [0, 0.1) is 0 Å². The average Bonchev–Trinajstić information content (AvgIpc) is 2.23. The van der Waals surface area contributed by atoms with E-state index in [1.807, 2.05) is 0 Å². The van der Waals surface area contributed by atoms with Crippen molar-refractivity contribution in [2.45, 2.75) is 11.5 Å². The van der Waals surface area contributed by atoms with Crippen molar-refractivity contribution in [2.24, 2.45) is 0 Å². The van der Waals surface area contributed by atoms with E-state index in [1.165, 1.54) is 0 Å². The fourth-order valence-electron chi connectivity index (χ4n) is 1.27. The van der Waals surface area contributed by atoms with Crippen LogP contribution in [0.3, 0.4) is 0 Å². The number of halogens is 1. The van der Waals surface area contributed by atoms with Gasteiger partial charge in [0.05, 0.1) is 17.2 Å². The first-order chi connectivity index (χ1) is 5.98. The summed E-state index contributed by atoms with van der Waals surface area (Å²) < 4.78 is 22.4. The SMILES string of the molecule is Nc1nc(Cl)nc2c1CS(=O)(=O)C2. The lowest BCUT2D eigenvalue weighted by Gasteiger charge is -1.99. The van der Waals surface area contributed by atoms with Crippen LogP contribution in [0.1, 0.15) is 11.3 Å². The molecule has 0 spiro atoms. The first kappa shape index (κ1) is 8.71. The van der Waals surface area contributed by atoms with Gasteiger partial charge in [0.2, 0.25) is 5.28 Å². The normalized spacial score (nSPS) is 18.5. The van der Waals surface area contributed by atoms with Crippen LogP contribution in [-0.2, 0) is 21.3 Å². The van der Waals surface area contributed by atoms with E-state index in [0.29, 0.717) is 11.3 Å². The number of anilines is 1. The zero-order chi connectivity index (χ0) is 9.64. The Kier molecular flexibility index (Phi) is 1.71. The summed E-state index contributed by atoms with van der Waals surface area (Å²) in [6, 6.07) is 0. The molecule has 0 bridgehead atoms. The molecule has 1 aromatic rings. The van der Waals surface area contributed by atoms with Crippen molar-refractivity contribution in [2.75, 3.05) is 5.73 Å². The van der Waals surface area contributed by atoms with Crippen molar-refractivity contribution in [3.63, 3.8) is 0 Å². The van der Waals surface area contributed by atoms with E-state index in [4.69, 9.17) is 17.3 Å². The molecule has 2 heterocycles. The summed E-state index contributed by atoms with van der Waals surface area (Å²) in [4.78, 5) is 7.48. The maximum atomic E-state index is 11.2. The highest BCUT2D eigenvalue weighted by molar-refractivity contribution is 7.90. The predicted molar refractivity (Wildman–Crippen MR) is 47.8 cm³/mol. The summed E-state index contributed by atoms with van der Waals surface area (Å²) in [5.41, 5.74) is 6.41. The summed E-state index contributed by atoms with van der Waals surface area (Å²) in [7, 11) is -3.09. The second-order valence-electron chi connectivity index (χ2n) is 2.84. The molecule has 13 heavy (non-hydrogen) atoms. The number of nitrogens with two attached hydrogens (primary N) is 1. The number of sulfone groups is 1. The molecule has 1 aliphatic rings. The Morgan fingerprint density at radius 2 is 2.00 bits per heavy atom. The van der Waals surface area contributed by atoms with Crippen LogP contribution >= 0.6 is 11.6 Å². The number of nitrogens with zero attached hydrogens (tertiary/aromatic N) is 2. The highest BCUT2D eigenvalue weighted by atomic mass is 35.5. The van der Waals surface area contributed by atoms with Gasteiger partial charge in [-0.2, -0.15) is 0 Å². The molecule has 5 nitrogen and oxygen atoms in total. The van der Waals surface area contributed by atoms with Gasteiger partial charge < -0.3 is 5.73 Å². The zero-order valence-electron chi connectivity index (χ0n) is 6.49. The lowest BCUT2D eigenvalue weighted by Crippen LogP contribution is -2.00. The van der Waals surface area contributed by atoms with Crippen molar-refractivity contribution in [1.29, 1.82) is 0 Å². The number of hydrogen-bond donors (Lipinski definition) is 1. The van der Waals surface area contributed by atoms with Crippen LogP contribution in [0.15, 0.2) is 0 Å². The Bertz CT molecular complexity index is 471. The van der Waals surface area contributed by atoms with Crippen LogP contribution in [0.4, 0.5) is 5.82 Å². The summed E-state index contributed by atoms with van der Waals surface area (Å²) in [5.74, 6) is -0.00353. The Balaban J connectivity index is 2.64. The molecule has 0 saturated carbocycles.